The quantitative estimate of drug-likeness (QED) is 0.863. The highest BCUT2D eigenvalue weighted by atomic mass is 35.5. The van der Waals surface area contributed by atoms with Gasteiger partial charge in [0.25, 0.3) is 0 Å². The van der Waals surface area contributed by atoms with E-state index in [1.54, 1.807) is 11.3 Å². The smallest absolute Gasteiger partial charge is 0.116 e. The molecule has 1 fully saturated rings. The van der Waals surface area contributed by atoms with E-state index >= 15 is 0 Å². The number of hydrogen-bond acceptors (Lipinski definition) is 3. The fraction of sp³-hybridized carbons (Fsp3) is 0.600. The summed E-state index contributed by atoms with van der Waals surface area (Å²) >= 11 is 7.56. The monoisotopic (exact) mass is 231 g/mol. The minimum Gasteiger partial charge on any atom is -0.383 e. The molecule has 0 bridgehead atoms. The number of anilines is 1. The predicted octanol–water partition coefficient (Wildman–Crippen LogP) is 3.24. The zero-order valence-electron chi connectivity index (χ0n) is 7.96. The van der Waals surface area contributed by atoms with Crippen molar-refractivity contribution in [1.82, 2.24) is 0 Å². The van der Waals surface area contributed by atoms with E-state index in [1.165, 1.54) is 0 Å². The minimum atomic E-state index is 0.736. The van der Waals surface area contributed by atoms with E-state index < -0.39 is 0 Å². The average Bonchev–Trinajstić information content (AvgIpc) is 2.63. The lowest BCUT2D eigenvalue weighted by Gasteiger charge is -2.22. The van der Waals surface area contributed by atoms with Crippen LogP contribution in [0.5, 0.6) is 0 Å². The van der Waals surface area contributed by atoms with Crippen molar-refractivity contribution < 1.29 is 4.74 Å². The van der Waals surface area contributed by atoms with Crippen molar-refractivity contribution in [3.8, 4) is 0 Å². The molecule has 1 saturated heterocycles. The highest BCUT2D eigenvalue weighted by Crippen LogP contribution is 2.28. The Kier molecular flexibility index (Phi) is 3.67. The number of thiophene rings is 1. The Morgan fingerprint density at radius 2 is 2.29 bits per heavy atom. The van der Waals surface area contributed by atoms with Crippen molar-refractivity contribution in [1.29, 1.82) is 0 Å². The summed E-state index contributed by atoms with van der Waals surface area (Å²) in [7, 11) is 0. The van der Waals surface area contributed by atoms with E-state index in [2.05, 4.69) is 5.32 Å². The molecule has 1 aromatic rings. The minimum absolute atomic E-state index is 0.736. The molecule has 0 aliphatic carbocycles. The van der Waals surface area contributed by atoms with Gasteiger partial charge in [-0.3, -0.25) is 0 Å². The maximum Gasteiger partial charge on any atom is 0.116 e. The summed E-state index contributed by atoms with van der Waals surface area (Å²) in [5, 5.41) is 5.39. The summed E-state index contributed by atoms with van der Waals surface area (Å²) in [5.74, 6) is 0.736. The molecular weight excluding hydrogens is 218 g/mol. The Morgan fingerprint density at radius 3 is 2.93 bits per heavy atom. The molecule has 2 nitrogen and oxygen atoms in total. The Bertz CT molecular complexity index is 283. The third kappa shape index (κ3) is 2.62. The van der Waals surface area contributed by atoms with Gasteiger partial charge in [-0.2, -0.15) is 0 Å². The summed E-state index contributed by atoms with van der Waals surface area (Å²) in [6.45, 7) is 2.83. The molecule has 0 atom stereocenters. The SMILES string of the molecule is Clc1sccc1NCC1CCOCC1. The van der Waals surface area contributed by atoms with Gasteiger partial charge < -0.3 is 10.1 Å². The van der Waals surface area contributed by atoms with Crippen molar-refractivity contribution in [2.75, 3.05) is 25.1 Å². The fourth-order valence-electron chi connectivity index (χ4n) is 1.62. The van der Waals surface area contributed by atoms with Gasteiger partial charge in [-0.05, 0) is 30.2 Å². The number of nitrogens with one attached hydrogen (secondary N) is 1. The predicted molar refractivity (Wildman–Crippen MR) is 61.4 cm³/mol. The third-order valence-electron chi connectivity index (χ3n) is 2.54. The standard InChI is InChI=1S/C10H14ClNOS/c11-10-9(3-6-14-10)12-7-8-1-4-13-5-2-8/h3,6,8,12H,1-2,4-5,7H2. The molecule has 0 spiro atoms. The number of hydrogen-bond donors (Lipinski definition) is 1. The number of halogens is 1. The van der Waals surface area contributed by atoms with Gasteiger partial charge >= 0.3 is 0 Å². The zero-order chi connectivity index (χ0) is 9.80. The molecule has 14 heavy (non-hydrogen) atoms. The van der Waals surface area contributed by atoms with Gasteiger partial charge in [0, 0.05) is 19.8 Å². The molecule has 0 unspecified atom stereocenters. The number of ether oxygens (including phenoxy) is 1. The molecule has 2 rings (SSSR count). The second-order valence-corrected chi connectivity index (χ2v) is 5.06. The Balaban J connectivity index is 1.79. The van der Waals surface area contributed by atoms with Gasteiger partial charge in [0.15, 0.2) is 0 Å². The van der Waals surface area contributed by atoms with Crippen LogP contribution in [-0.2, 0) is 4.74 Å². The van der Waals surface area contributed by atoms with Crippen molar-refractivity contribution in [2.24, 2.45) is 5.92 Å². The second-order valence-electron chi connectivity index (χ2n) is 3.54. The van der Waals surface area contributed by atoms with Crippen LogP contribution in [0, 0.1) is 5.92 Å². The first-order valence-corrected chi connectivity index (χ1v) is 6.16. The molecule has 0 aromatic carbocycles. The summed E-state index contributed by atoms with van der Waals surface area (Å²) in [4.78, 5) is 0. The van der Waals surface area contributed by atoms with E-state index in [9.17, 15) is 0 Å². The van der Waals surface area contributed by atoms with Gasteiger partial charge in [0.05, 0.1) is 5.69 Å². The topological polar surface area (TPSA) is 21.3 Å². The molecular formula is C10H14ClNOS. The maximum atomic E-state index is 5.99. The van der Waals surface area contributed by atoms with Gasteiger partial charge in [-0.1, -0.05) is 11.6 Å². The van der Waals surface area contributed by atoms with Crippen LogP contribution in [-0.4, -0.2) is 19.8 Å². The average molecular weight is 232 g/mol. The molecule has 78 valence electrons. The Morgan fingerprint density at radius 1 is 1.50 bits per heavy atom. The molecule has 1 aliphatic heterocycles. The molecule has 1 aliphatic rings. The van der Waals surface area contributed by atoms with Gasteiger partial charge in [-0.15, -0.1) is 11.3 Å². The van der Waals surface area contributed by atoms with Crippen LogP contribution in [0.2, 0.25) is 4.34 Å². The number of rotatable bonds is 3. The van der Waals surface area contributed by atoms with E-state index in [4.69, 9.17) is 16.3 Å². The zero-order valence-corrected chi connectivity index (χ0v) is 9.53. The summed E-state index contributed by atoms with van der Waals surface area (Å²) in [6, 6.07) is 2.03. The van der Waals surface area contributed by atoms with Crippen LogP contribution in [0.1, 0.15) is 12.8 Å². The van der Waals surface area contributed by atoms with Crippen molar-refractivity contribution in [3.05, 3.63) is 15.8 Å². The molecule has 1 aromatic heterocycles. The molecule has 2 heterocycles. The van der Waals surface area contributed by atoms with Crippen molar-refractivity contribution >= 4 is 28.6 Å². The van der Waals surface area contributed by atoms with Gasteiger partial charge in [0.2, 0.25) is 0 Å². The molecule has 0 amide bonds. The lowest BCUT2D eigenvalue weighted by atomic mass is 10.0. The first-order chi connectivity index (χ1) is 6.86. The van der Waals surface area contributed by atoms with Crippen LogP contribution < -0.4 is 5.32 Å². The largest absolute Gasteiger partial charge is 0.383 e. The summed E-state index contributed by atoms with van der Waals surface area (Å²) in [6.07, 6.45) is 2.32. The highest BCUT2D eigenvalue weighted by Gasteiger charge is 2.13. The van der Waals surface area contributed by atoms with Gasteiger partial charge in [0.1, 0.15) is 4.34 Å². The summed E-state index contributed by atoms with van der Waals surface area (Å²) in [5.41, 5.74) is 1.07. The molecule has 1 N–H and O–H groups in total. The van der Waals surface area contributed by atoms with Crippen molar-refractivity contribution in [3.63, 3.8) is 0 Å². The van der Waals surface area contributed by atoms with Crippen LogP contribution in [0.15, 0.2) is 11.4 Å². The Labute approximate surface area is 93.2 Å². The van der Waals surface area contributed by atoms with E-state index in [0.717, 1.165) is 48.5 Å². The van der Waals surface area contributed by atoms with E-state index in [0.29, 0.717) is 0 Å². The van der Waals surface area contributed by atoms with Crippen LogP contribution in [0.25, 0.3) is 0 Å². The van der Waals surface area contributed by atoms with Crippen LogP contribution in [0.3, 0.4) is 0 Å². The Hall–Kier alpha value is -0.250. The first kappa shape index (κ1) is 10.3. The lowest BCUT2D eigenvalue weighted by Crippen LogP contribution is -2.22. The second kappa shape index (κ2) is 5.01. The van der Waals surface area contributed by atoms with Gasteiger partial charge in [-0.25, -0.2) is 0 Å². The van der Waals surface area contributed by atoms with Crippen LogP contribution >= 0.6 is 22.9 Å². The normalized spacial score (nSPS) is 18.4. The third-order valence-corrected chi connectivity index (χ3v) is 3.71. The van der Waals surface area contributed by atoms with E-state index in [-0.39, 0.29) is 0 Å². The van der Waals surface area contributed by atoms with Crippen molar-refractivity contribution in [2.45, 2.75) is 12.8 Å². The van der Waals surface area contributed by atoms with E-state index in [1.807, 2.05) is 11.4 Å². The molecule has 0 radical (unpaired) electrons. The summed E-state index contributed by atoms with van der Waals surface area (Å²) < 4.78 is 6.17. The highest BCUT2D eigenvalue weighted by molar-refractivity contribution is 7.15. The van der Waals surface area contributed by atoms with Crippen LogP contribution in [0.4, 0.5) is 5.69 Å². The molecule has 0 saturated carbocycles. The fourth-order valence-corrected chi connectivity index (χ4v) is 2.50. The maximum absolute atomic E-state index is 5.99. The first-order valence-electron chi connectivity index (χ1n) is 4.91. The lowest BCUT2D eigenvalue weighted by molar-refractivity contribution is 0.0699. The molecule has 4 heteroatoms.